The summed E-state index contributed by atoms with van der Waals surface area (Å²) in [5, 5.41) is 4.07. The van der Waals surface area contributed by atoms with Gasteiger partial charge in [0.1, 0.15) is 5.82 Å². The molecule has 1 N–H and O–H groups in total. The van der Waals surface area contributed by atoms with Gasteiger partial charge >= 0.3 is 0 Å². The Bertz CT molecular complexity index is 554. The van der Waals surface area contributed by atoms with Crippen molar-refractivity contribution in [1.82, 2.24) is 0 Å². The Labute approximate surface area is 112 Å². The van der Waals surface area contributed by atoms with Crippen molar-refractivity contribution >= 4 is 17.3 Å². The third-order valence-electron chi connectivity index (χ3n) is 2.91. The molecule has 1 unspecified atom stereocenters. The van der Waals surface area contributed by atoms with Gasteiger partial charge in [-0.1, -0.05) is 23.7 Å². The Morgan fingerprint density at radius 3 is 2.61 bits per heavy atom. The number of hydrogen-bond donors (Lipinski definition) is 1. The lowest BCUT2D eigenvalue weighted by molar-refractivity contribution is 0.623. The predicted molar refractivity (Wildman–Crippen MR) is 74.6 cm³/mol. The van der Waals surface area contributed by atoms with Crippen LogP contribution in [0.4, 0.5) is 10.1 Å². The summed E-state index contributed by atoms with van der Waals surface area (Å²) >= 11 is 5.91. The topological polar surface area (TPSA) is 12.0 Å². The lowest BCUT2D eigenvalue weighted by atomic mass is 10.1. The van der Waals surface area contributed by atoms with Crippen molar-refractivity contribution in [2.24, 2.45) is 0 Å². The molecule has 0 aliphatic carbocycles. The van der Waals surface area contributed by atoms with Crippen LogP contribution in [-0.4, -0.2) is 0 Å². The number of anilines is 1. The minimum absolute atomic E-state index is 0.0422. The normalized spacial score (nSPS) is 12.2. The molecular formula is C15H15ClFN. The fourth-order valence-electron chi connectivity index (χ4n) is 1.88. The Balaban J connectivity index is 2.18. The summed E-state index contributed by atoms with van der Waals surface area (Å²) in [6.45, 7) is 4.00. The molecule has 2 aromatic carbocycles. The molecule has 0 heterocycles. The third kappa shape index (κ3) is 3.02. The standard InChI is InChI=1S/C15H15ClFN/c1-10-8-13(16)6-7-15(10)18-11(2)12-4-3-5-14(17)9-12/h3-9,11,18H,1-2H3. The molecule has 1 nitrogen and oxygen atoms in total. The molecule has 3 heteroatoms. The molecule has 2 aromatic rings. The van der Waals surface area contributed by atoms with E-state index in [9.17, 15) is 4.39 Å². The zero-order valence-corrected chi connectivity index (χ0v) is 11.1. The van der Waals surface area contributed by atoms with E-state index in [0.29, 0.717) is 0 Å². The lowest BCUT2D eigenvalue weighted by Gasteiger charge is -2.17. The largest absolute Gasteiger partial charge is 0.378 e. The van der Waals surface area contributed by atoms with Gasteiger partial charge in [-0.05, 0) is 55.3 Å². The number of nitrogens with one attached hydrogen (secondary N) is 1. The molecular weight excluding hydrogens is 249 g/mol. The van der Waals surface area contributed by atoms with E-state index in [-0.39, 0.29) is 11.9 Å². The van der Waals surface area contributed by atoms with Gasteiger partial charge in [0.25, 0.3) is 0 Å². The fraction of sp³-hybridized carbons (Fsp3) is 0.200. The molecule has 0 bridgehead atoms. The van der Waals surface area contributed by atoms with Crippen molar-refractivity contribution < 1.29 is 4.39 Å². The van der Waals surface area contributed by atoms with Crippen LogP contribution < -0.4 is 5.32 Å². The second kappa shape index (κ2) is 5.40. The molecule has 2 rings (SSSR count). The molecule has 94 valence electrons. The molecule has 0 radical (unpaired) electrons. The summed E-state index contributed by atoms with van der Waals surface area (Å²) in [7, 11) is 0. The van der Waals surface area contributed by atoms with Crippen molar-refractivity contribution in [3.63, 3.8) is 0 Å². The van der Waals surface area contributed by atoms with E-state index < -0.39 is 0 Å². The maximum Gasteiger partial charge on any atom is 0.123 e. The predicted octanol–water partition coefficient (Wildman–Crippen LogP) is 4.96. The number of halogens is 2. The smallest absolute Gasteiger partial charge is 0.123 e. The molecule has 0 amide bonds. The average molecular weight is 264 g/mol. The fourth-order valence-corrected chi connectivity index (χ4v) is 2.11. The zero-order valence-electron chi connectivity index (χ0n) is 10.4. The van der Waals surface area contributed by atoms with Crippen LogP contribution in [-0.2, 0) is 0 Å². The van der Waals surface area contributed by atoms with Crippen molar-refractivity contribution in [3.05, 3.63) is 64.4 Å². The maximum absolute atomic E-state index is 13.2. The van der Waals surface area contributed by atoms with Crippen LogP contribution in [0.3, 0.4) is 0 Å². The molecule has 18 heavy (non-hydrogen) atoms. The molecule has 0 aromatic heterocycles. The average Bonchev–Trinajstić information content (AvgIpc) is 2.32. The zero-order chi connectivity index (χ0) is 13.1. The molecule has 0 spiro atoms. The van der Waals surface area contributed by atoms with Crippen molar-refractivity contribution in [1.29, 1.82) is 0 Å². The van der Waals surface area contributed by atoms with Crippen LogP contribution in [0.15, 0.2) is 42.5 Å². The van der Waals surface area contributed by atoms with E-state index in [2.05, 4.69) is 5.32 Å². The van der Waals surface area contributed by atoms with Crippen LogP contribution in [0, 0.1) is 12.7 Å². The second-order valence-corrected chi connectivity index (χ2v) is 4.82. The summed E-state index contributed by atoms with van der Waals surface area (Å²) in [6.07, 6.45) is 0. The van der Waals surface area contributed by atoms with Gasteiger partial charge in [-0.2, -0.15) is 0 Å². The first-order valence-electron chi connectivity index (χ1n) is 5.84. The van der Waals surface area contributed by atoms with E-state index in [4.69, 9.17) is 11.6 Å². The quantitative estimate of drug-likeness (QED) is 0.825. The maximum atomic E-state index is 13.2. The van der Waals surface area contributed by atoms with Crippen LogP contribution >= 0.6 is 11.6 Å². The molecule has 0 saturated carbocycles. The Kier molecular flexibility index (Phi) is 3.87. The first kappa shape index (κ1) is 12.9. The summed E-state index contributed by atoms with van der Waals surface area (Å²) in [6, 6.07) is 12.3. The Morgan fingerprint density at radius 2 is 1.94 bits per heavy atom. The number of rotatable bonds is 3. The minimum Gasteiger partial charge on any atom is -0.378 e. The third-order valence-corrected chi connectivity index (χ3v) is 3.14. The van der Waals surface area contributed by atoms with Gasteiger partial charge in [0.05, 0.1) is 0 Å². The highest BCUT2D eigenvalue weighted by atomic mass is 35.5. The van der Waals surface area contributed by atoms with Crippen LogP contribution in [0.2, 0.25) is 5.02 Å². The van der Waals surface area contributed by atoms with Gasteiger partial charge in [0.2, 0.25) is 0 Å². The number of aryl methyl sites for hydroxylation is 1. The van der Waals surface area contributed by atoms with E-state index >= 15 is 0 Å². The van der Waals surface area contributed by atoms with E-state index in [1.807, 2.05) is 38.1 Å². The molecule has 0 saturated heterocycles. The molecule has 0 aliphatic heterocycles. The summed E-state index contributed by atoms with van der Waals surface area (Å²) in [4.78, 5) is 0. The first-order valence-corrected chi connectivity index (χ1v) is 6.22. The van der Waals surface area contributed by atoms with Gasteiger partial charge in [-0.15, -0.1) is 0 Å². The van der Waals surface area contributed by atoms with Gasteiger partial charge in [-0.3, -0.25) is 0 Å². The highest BCUT2D eigenvalue weighted by molar-refractivity contribution is 6.30. The van der Waals surface area contributed by atoms with Gasteiger partial charge in [-0.25, -0.2) is 4.39 Å². The highest BCUT2D eigenvalue weighted by Crippen LogP contribution is 2.24. The molecule has 0 fully saturated rings. The summed E-state index contributed by atoms with van der Waals surface area (Å²) in [5.74, 6) is -0.214. The van der Waals surface area contributed by atoms with Crippen LogP contribution in [0.5, 0.6) is 0 Å². The van der Waals surface area contributed by atoms with E-state index in [1.165, 1.54) is 6.07 Å². The second-order valence-electron chi connectivity index (χ2n) is 4.38. The molecule has 0 aliphatic rings. The minimum atomic E-state index is -0.214. The number of hydrogen-bond acceptors (Lipinski definition) is 1. The summed E-state index contributed by atoms with van der Waals surface area (Å²) in [5.41, 5.74) is 3.01. The van der Waals surface area contributed by atoms with Crippen molar-refractivity contribution in [3.8, 4) is 0 Å². The van der Waals surface area contributed by atoms with Gasteiger partial charge < -0.3 is 5.32 Å². The Hall–Kier alpha value is -1.54. The van der Waals surface area contributed by atoms with Gasteiger partial charge in [0, 0.05) is 16.8 Å². The Morgan fingerprint density at radius 1 is 1.17 bits per heavy atom. The monoisotopic (exact) mass is 263 g/mol. The lowest BCUT2D eigenvalue weighted by Crippen LogP contribution is -2.07. The van der Waals surface area contributed by atoms with E-state index in [1.54, 1.807) is 12.1 Å². The molecule has 1 atom stereocenters. The highest BCUT2D eigenvalue weighted by Gasteiger charge is 2.07. The number of benzene rings is 2. The van der Waals surface area contributed by atoms with E-state index in [0.717, 1.165) is 21.8 Å². The van der Waals surface area contributed by atoms with Crippen LogP contribution in [0.25, 0.3) is 0 Å². The van der Waals surface area contributed by atoms with Crippen molar-refractivity contribution in [2.45, 2.75) is 19.9 Å². The SMILES string of the molecule is Cc1cc(Cl)ccc1NC(C)c1cccc(F)c1. The summed E-state index contributed by atoms with van der Waals surface area (Å²) < 4.78 is 13.2. The van der Waals surface area contributed by atoms with Gasteiger partial charge in [0.15, 0.2) is 0 Å². The van der Waals surface area contributed by atoms with Crippen LogP contribution in [0.1, 0.15) is 24.1 Å². The first-order chi connectivity index (χ1) is 8.56. The van der Waals surface area contributed by atoms with Crippen molar-refractivity contribution in [2.75, 3.05) is 5.32 Å².